The van der Waals surface area contributed by atoms with Crippen molar-refractivity contribution < 1.29 is 9.53 Å². The fourth-order valence-electron chi connectivity index (χ4n) is 3.65. The zero-order valence-corrected chi connectivity index (χ0v) is 18.8. The van der Waals surface area contributed by atoms with E-state index in [0.29, 0.717) is 24.4 Å². The van der Waals surface area contributed by atoms with Gasteiger partial charge in [0, 0.05) is 24.1 Å². The largest absolute Gasteiger partial charge is 0.497 e. The van der Waals surface area contributed by atoms with Crippen molar-refractivity contribution >= 4 is 28.7 Å². The number of fused-ring (bicyclic) bond motifs is 1. The fraction of sp³-hybridized carbons (Fsp3) is 0.240. The molecule has 2 aromatic heterocycles. The summed E-state index contributed by atoms with van der Waals surface area (Å²) in [6.45, 7) is 2.58. The lowest BCUT2D eigenvalue weighted by atomic mass is 10.1. The number of amides is 1. The lowest BCUT2D eigenvalue weighted by Gasteiger charge is -2.15. The number of rotatable bonds is 8. The Balaban J connectivity index is 1.47. The number of benzene rings is 2. The first-order valence-corrected chi connectivity index (χ1v) is 10.9. The Morgan fingerprint density at radius 3 is 2.59 bits per heavy atom. The maximum atomic E-state index is 12.6. The SMILES string of the molecule is COc1ccc(Cn2c(CCC(=O)NC(C)c3ccc(Cl)cc3)nc3cccnc32)cc1. The Kier molecular flexibility index (Phi) is 6.71. The number of carbonyl (C=O) groups is 1. The predicted molar refractivity (Wildman–Crippen MR) is 126 cm³/mol. The summed E-state index contributed by atoms with van der Waals surface area (Å²) in [6, 6.07) is 19.1. The summed E-state index contributed by atoms with van der Waals surface area (Å²) in [5.41, 5.74) is 3.76. The predicted octanol–water partition coefficient (Wildman–Crippen LogP) is 4.95. The first-order valence-electron chi connectivity index (χ1n) is 10.5. The number of hydrogen-bond acceptors (Lipinski definition) is 4. The van der Waals surface area contributed by atoms with Crippen LogP contribution >= 0.6 is 11.6 Å². The van der Waals surface area contributed by atoms with E-state index in [9.17, 15) is 4.79 Å². The third-order valence-electron chi connectivity index (χ3n) is 5.41. The van der Waals surface area contributed by atoms with Crippen LogP contribution in [0.1, 0.15) is 36.3 Å². The molecule has 0 fully saturated rings. The summed E-state index contributed by atoms with van der Waals surface area (Å²) in [6.07, 6.45) is 2.62. The molecule has 1 N–H and O–H groups in total. The molecule has 1 amide bonds. The van der Waals surface area contributed by atoms with E-state index in [1.807, 2.05) is 67.6 Å². The van der Waals surface area contributed by atoms with E-state index in [4.69, 9.17) is 21.3 Å². The monoisotopic (exact) mass is 448 g/mol. The van der Waals surface area contributed by atoms with Crippen LogP contribution in [0.4, 0.5) is 0 Å². The average Bonchev–Trinajstić information content (AvgIpc) is 3.16. The van der Waals surface area contributed by atoms with E-state index >= 15 is 0 Å². The van der Waals surface area contributed by atoms with E-state index in [-0.39, 0.29) is 11.9 Å². The highest BCUT2D eigenvalue weighted by atomic mass is 35.5. The molecule has 0 saturated carbocycles. The van der Waals surface area contributed by atoms with Crippen LogP contribution < -0.4 is 10.1 Å². The quantitative estimate of drug-likeness (QED) is 0.414. The molecule has 0 aliphatic rings. The minimum atomic E-state index is -0.0976. The van der Waals surface area contributed by atoms with Gasteiger partial charge in [-0.25, -0.2) is 9.97 Å². The summed E-state index contributed by atoms with van der Waals surface area (Å²) in [5, 5.41) is 3.73. The van der Waals surface area contributed by atoms with Crippen molar-refractivity contribution in [3.05, 3.63) is 88.8 Å². The standard InChI is InChI=1S/C25H25ClN4O2/c1-17(19-7-9-20(26)10-8-19)28-24(31)14-13-23-29-22-4-3-15-27-25(22)30(23)16-18-5-11-21(32-2)12-6-18/h3-12,15,17H,13-14,16H2,1-2H3,(H,28,31). The Labute approximate surface area is 192 Å². The summed E-state index contributed by atoms with van der Waals surface area (Å²) in [5.74, 6) is 1.63. The van der Waals surface area contributed by atoms with E-state index < -0.39 is 0 Å². The zero-order valence-electron chi connectivity index (χ0n) is 18.1. The van der Waals surface area contributed by atoms with Gasteiger partial charge in [-0.2, -0.15) is 0 Å². The van der Waals surface area contributed by atoms with Gasteiger partial charge in [0.2, 0.25) is 5.91 Å². The summed E-state index contributed by atoms with van der Waals surface area (Å²) >= 11 is 5.95. The number of nitrogens with zero attached hydrogens (tertiary/aromatic N) is 3. The molecule has 4 rings (SSSR count). The van der Waals surface area contributed by atoms with Gasteiger partial charge >= 0.3 is 0 Å². The van der Waals surface area contributed by atoms with Crippen LogP contribution in [-0.2, 0) is 17.8 Å². The smallest absolute Gasteiger partial charge is 0.220 e. The van der Waals surface area contributed by atoms with Crippen molar-refractivity contribution in [2.75, 3.05) is 7.11 Å². The topological polar surface area (TPSA) is 69.0 Å². The molecule has 0 aliphatic heterocycles. The molecule has 1 unspecified atom stereocenters. The number of ether oxygens (including phenoxy) is 1. The minimum Gasteiger partial charge on any atom is -0.497 e. The van der Waals surface area contributed by atoms with Gasteiger partial charge in [-0.15, -0.1) is 0 Å². The Bertz CT molecular complexity index is 1200. The highest BCUT2D eigenvalue weighted by Crippen LogP contribution is 2.20. The number of imidazole rings is 1. The molecule has 1 atom stereocenters. The van der Waals surface area contributed by atoms with Crippen LogP contribution in [0, 0.1) is 0 Å². The zero-order chi connectivity index (χ0) is 22.5. The van der Waals surface area contributed by atoms with Crippen LogP contribution in [0.2, 0.25) is 5.02 Å². The molecule has 4 aromatic rings. The molecule has 7 heteroatoms. The summed E-state index contributed by atoms with van der Waals surface area (Å²) in [7, 11) is 1.65. The van der Waals surface area contributed by atoms with Gasteiger partial charge in [-0.3, -0.25) is 4.79 Å². The van der Waals surface area contributed by atoms with Gasteiger partial charge < -0.3 is 14.6 Å². The highest BCUT2D eigenvalue weighted by Gasteiger charge is 2.15. The molecule has 32 heavy (non-hydrogen) atoms. The first-order chi connectivity index (χ1) is 15.5. The molecule has 0 bridgehead atoms. The second kappa shape index (κ2) is 9.83. The number of nitrogens with one attached hydrogen (secondary N) is 1. The Hall–Kier alpha value is -3.38. The first kappa shape index (κ1) is 21.8. The van der Waals surface area contributed by atoms with Crippen LogP contribution in [0.15, 0.2) is 66.9 Å². The second-order valence-corrected chi connectivity index (χ2v) is 8.09. The molecule has 0 saturated heterocycles. The fourth-order valence-corrected chi connectivity index (χ4v) is 3.78. The van der Waals surface area contributed by atoms with E-state index in [1.54, 1.807) is 13.3 Å². The van der Waals surface area contributed by atoms with E-state index in [1.165, 1.54) is 0 Å². The highest BCUT2D eigenvalue weighted by molar-refractivity contribution is 6.30. The lowest BCUT2D eigenvalue weighted by Crippen LogP contribution is -2.27. The van der Waals surface area contributed by atoms with Crippen molar-refractivity contribution in [1.82, 2.24) is 19.9 Å². The van der Waals surface area contributed by atoms with Crippen LogP contribution in [0.25, 0.3) is 11.2 Å². The number of aryl methyl sites for hydroxylation is 1. The number of hydrogen-bond donors (Lipinski definition) is 1. The van der Waals surface area contributed by atoms with Crippen molar-refractivity contribution in [3.63, 3.8) is 0 Å². The number of pyridine rings is 1. The van der Waals surface area contributed by atoms with Gasteiger partial charge in [-0.05, 0) is 54.4 Å². The van der Waals surface area contributed by atoms with Crippen molar-refractivity contribution in [2.24, 2.45) is 0 Å². The maximum Gasteiger partial charge on any atom is 0.220 e. The molecule has 164 valence electrons. The van der Waals surface area contributed by atoms with Gasteiger partial charge in [0.05, 0.1) is 19.7 Å². The third kappa shape index (κ3) is 5.08. The molecule has 0 spiro atoms. The van der Waals surface area contributed by atoms with Gasteiger partial charge in [0.15, 0.2) is 5.65 Å². The molecule has 2 aromatic carbocycles. The minimum absolute atomic E-state index is 0.0246. The molecular formula is C25H25ClN4O2. The average molecular weight is 449 g/mol. The van der Waals surface area contributed by atoms with Crippen LogP contribution in [-0.4, -0.2) is 27.6 Å². The number of methoxy groups -OCH3 is 1. The van der Waals surface area contributed by atoms with E-state index in [0.717, 1.165) is 33.9 Å². The van der Waals surface area contributed by atoms with Gasteiger partial charge in [-0.1, -0.05) is 35.9 Å². The van der Waals surface area contributed by atoms with Crippen LogP contribution in [0.5, 0.6) is 5.75 Å². The summed E-state index contributed by atoms with van der Waals surface area (Å²) < 4.78 is 7.33. The molecule has 0 aliphatic carbocycles. The molecule has 6 nitrogen and oxygen atoms in total. The van der Waals surface area contributed by atoms with E-state index in [2.05, 4.69) is 14.9 Å². The second-order valence-electron chi connectivity index (χ2n) is 7.65. The Morgan fingerprint density at radius 1 is 1.12 bits per heavy atom. The number of aromatic nitrogens is 3. The van der Waals surface area contributed by atoms with Crippen LogP contribution in [0.3, 0.4) is 0 Å². The van der Waals surface area contributed by atoms with Crippen molar-refractivity contribution in [2.45, 2.75) is 32.4 Å². The summed E-state index contributed by atoms with van der Waals surface area (Å²) in [4.78, 5) is 21.9. The van der Waals surface area contributed by atoms with Gasteiger partial charge in [0.1, 0.15) is 17.1 Å². The maximum absolute atomic E-state index is 12.6. The molecule has 0 radical (unpaired) electrons. The van der Waals surface area contributed by atoms with Crippen molar-refractivity contribution in [1.29, 1.82) is 0 Å². The normalized spacial score (nSPS) is 12.0. The third-order valence-corrected chi connectivity index (χ3v) is 5.66. The van der Waals surface area contributed by atoms with Crippen molar-refractivity contribution in [3.8, 4) is 5.75 Å². The molecular weight excluding hydrogens is 424 g/mol. The number of carbonyl (C=O) groups excluding carboxylic acids is 1. The Morgan fingerprint density at radius 2 is 1.88 bits per heavy atom. The lowest BCUT2D eigenvalue weighted by molar-refractivity contribution is -0.121. The number of halogens is 1. The molecule has 2 heterocycles. The van der Waals surface area contributed by atoms with Gasteiger partial charge in [0.25, 0.3) is 0 Å².